The Morgan fingerprint density at radius 3 is 2.92 bits per heavy atom. The van der Waals surface area contributed by atoms with Gasteiger partial charge < -0.3 is 9.42 Å². The van der Waals surface area contributed by atoms with Crippen LogP contribution in [0.3, 0.4) is 0 Å². The van der Waals surface area contributed by atoms with Gasteiger partial charge in [0.05, 0.1) is 6.61 Å². The molecule has 5 heteroatoms. The molecule has 0 aromatic carbocycles. The predicted molar refractivity (Wildman–Crippen MR) is 60.0 cm³/mol. The van der Waals surface area contributed by atoms with E-state index in [9.17, 15) is 4.89 Å². The van der Waals surface area contributed by atoms with E-state index in [0.29, 0.717) is 6.61 Å². The van der Waals surface area contributed by atoms with E-state index in [0.717, 1.165) is 18.6 Å². The third-order valence-corrected chi connectivity index (χ3v) is 5.49. The molecule has 0 radical (unpaired) electrons. The van der Waals surface area contributed by atoms with E-state index in [1.165, 1.54) is 11.4 Å². The summed E-state index contributed by atoms with van der Waals surface area (Å²) in [6.45, 7) is 5.93. The monoisotopic (exact) mass is 226 g/mol. The van der Waals surface area contributed by atoms with Crippen molar-refractivity contribution in [2.75, 3.05) is 12.4 Å². The Balaban J connectivity index is 3.56. The Hall–Kier alpha value is 0.660. The fraction of sp³-hybridized carbons (Fsp3) is 0.714. The minimum Gasteiger partial charge on any atom is -0.337 e. The molecule has 2 nitrogen and oxygen atoms in total. The van der Waals surface area contributed by atoms with Crippen molar-refractivity contribution in [1.29, 1.82) is 0 Å². The van der Waals surface area contributed by atoms with Crippen LogP contribution in [-0.2, 0) is 16.3 Å². The summed E-state index contributed by atoms with van der Waals surface area (Å²) in [4.78, 5) is 9.49. The minimum absolute atomic E-state index is 0.340. The summed E-state index contributed by atoms with van der Waals surface area (Å²) in [6, 6.07) is 0. The van der Waals surface area contributed by atoms with Gasteiger partial charge in [-0.15, -0.1) is 6.58 Å². The fourth-order valence-electron chi connectivity index (χ4n) is 0.508. The molecule has 0 aromatic rings. The van der Waals surface area contributed by atoms with Gasteiger partial charge >= 0.3 is 0 Å². The Labute approximate surface area is 83.3 Å². The van der Waals surface area contributed by atoms with E-state index < -0.39 is 5.69 Å². The van der Waals surface area contributed by atoms with Crippen LogP contribution in [0.2, 0.25) is 0 Å². The minimum atomic E-state index is -2.56. The van der Waals surface area contributed by atoms with Crippen LogP contribution in [0.5, 0.6) is 0 Å². The van der Waals surface area contributed by atoms with Gasteiger partial charge in [-0.3, -0.25) is 0 Å². The zero-order valence-corrected chi connectivity index (χ0v) is 9.76. The van der Waals surface area contributed by atoms with Crippen molar-refractivity contribution in [2.45, 2.75) is 19.8 Å². The van der Waals surface area contributed by atoms with Crippen molar-refractivity contribution >= 4 is 28.9 Å². The molecule has 0 bridgehead atoms. The van der Waals surface area contributed by atoms with Gasteiger partial charge in [0.25, 0.3) is 0 Å². The van der Waals surface area contributed by atoms with E-state index >= 15 is 0 Å². The normalized spacial score (nSPS) is 15.5. The van der Waals surface area contributed by atoms with E-state index in [4.69, 9.17) is 16.3 Å². The fourth-order valence-corrected chi connectivity index (χ4v) is 3.86. The average molecular weight is 226 g/mol. The van der Waals surface area contributed by atoms with Crippen LogP contribution in [0.25, 0.3) is 0 Å². The molecule has 12 heavy (non-hydrogen) atoms. The first kappa shape index (κ1) is 12.7. The van der Waals surface area contributed by atoms with Crippen LogP contribution in [0.15, 0.2) is 12.7 Å². The molecule has 1 N–H and O–H groups in total. The molecule has 0 aliphatic heterocycles. The summed E-state index contributed by atoms with van der Waals surface area (Å²) in [7, 11) is 0. The van der Waals surface area contributed by atoms with Crippen LogP contribution in [-0.4, -0.2) is 17.3 Å². The van der Waals surface area contributed by atoms with Gasteiger partial charge in [-0.2, -0.15) is 0 Å². The van der Waals surface area contributed by atoms with Crippen molar-refractivity contribution in [2.24, 2.45) is 0 Å². The predicted octanol–water partition coefficient (Wildman–Crippen LogP) is 2.94. The molecule has 0 aliphatic rings. The van der Waals surface area contributed by atoms with Crippen molar-refractivity contribution in [3.8, 4) is 0 Å². The molecule has 0 saturated carbocycles. The maximum absolute atomic E-state index is 9.49. The summed E-state index contributed by atoms with van der Waals surface area (Å²) in [6.07, 6.45) is 3.78. The van der Waals surface area contributed by atoms with Gasteiger partial charge in [-0.05, 0) is 18.2 Å². The van der Waals surface area contributed by atoms with Crippen LogP contribution in [0.4, 0.5) is 0 Å². The van der Waals surface area contributed by atoms with Gasteiger partial charge in [0.15, 0.2) is 0 Å². The molecular weight excluding hydrogens is 211 g/mol. The first-order valence-electron chi connectivity index (χ1n) is 3.85. The molecule has 0 heterocycles. The summed E-state index contributed by atoms with van der Waals surface area (Å²) in [5.74, 6) is 0.876. The molecule has 0 spiro atoms. The molecule has 0 amide bonds. The lowest BCUT2D eigenvalue weighted by atomic mass is 10.4. The van der Waals surface area contributed by atoms with E-state index in [1.807, 2.05) is 0 Å². The molecule has 0 rings (SSSR count). The first-order valence-corrected chi connectivity index (χ1v) is 8.11. The molecule has 0 aliphatic carbocycles. The maximum Gasteiger partial charge on any atom is 0.245 e. The molecule has 0 saturated heterocycles. The highest BCUT2D eigenvalue weighted by molar-refractivity contribution is 8.67. The van der Waals surface area contributed by atoms with Gasteiger partial charge in [-0.1, -0.05) is 30.8 Å². The third-order valence-electron chi connectivity index (χ3n) is 1.11. The van der Waals surface area contributed by atoms with Gasteiger partial charge in [0.2, 0.25) is 5.69 Å². The van der Waals surface area contributed by atoms with Crippen LogP contribution < -0.4 is 0 Å². The third kappa shape index (κ3) is 7.32. The second-order valence-electron chi connectivity index (χ2n) is 2.24. The van der Waals surface area contributed by atoms with Crippen LogP contribution >= 0.6 is 17.1 Å². The van der Waals surface area contributed by atoms with E-state index in [1.54, 1.807) is 6.08 Å². The molecule has 72 valence electrons. The smallest absolute Gasteiger partial charge is 0.245 e. The van der Waals surface area contributed by atoms with Crippen molar-refractivity contribution < 1.29 is 9.42 Å². The number of unbranched alkanes of at least 4 members (excludes halogenated alkanes) is 1. The standard InChI is InChI=1S/C7H15O2PS2/c1-3-5-7-12-10(8,11)9-6-4-2/h4H,2-3,5-7H2,1H3,(H,8,11). The van der Waals surface area contributed by atoms with Crippen molar-refractivity contribution in [3.63, 3.8) is 0 Å². The van der Waals surface area contributed by atoms with Gasteiger partial charge in [-0.25, -0.2) is 0 Å². The van der Waals surface area contributed by atoms with Crippen LogP contribution in [0, 0.1) is 0 Å². The highest BCUT2D eigenvalue weighted by Crippen LogP contribution is 2.56. The van der Waals surface area contributed by atoms with Gasteiger partial charge in [0, 0.05) is 5.75 Å². The molecule has 1 unspecified atom stereocenters. The Morgan fingerprint density at radius 2 is 2.42 bits per heavy atom. The average Bonchev–Trinajstić information content (AvgIpc) is 2.01. The SMILES string of the molecule is C=CCOP(O)(=S)SCCCC. The van der Waals surface area contributed by atoms with Crippen molar-refractivity contribution in [3.05, 3.63) is 12.7 Å². The van der Waals surface area contributed by atoms with E-state index in [-0.39, 0.29) is 0 Å². The van der Waals surface area contributed by atoms with Crippen LogP contribution in [0.1, 0.15) is 19.8 Å². The second kappa shape index (κ2) is 7.10. The molecule has 0 fully saturated rings. The summed E-state index contributed by atoms with van der Waals surface area (Å²) >= 11 is 6.24. The zero-order chi connectivity index (χ0) is 9.45. The maximum atomic E-state index is 9.49. The zero-order valence-electron chi connectivity index (χ0n) is 7.23. The Bertz CT molecular complexity index is 173. The van der Waals surface area contributed by atoms with E-state index in [2.05, 4.69) is 13.5 Å². The highest BCUT2D eigenvalue weighted by atomic mass is 32.9. The summed E-state index contributed by atoms with van der Waals surface area (Å²) < 4.78 is 5.05. The molecule has 1 atom stereocenters. The highest BCUT2D eigenvalue weighted by Gasteiger charge is 2.12. The topological polar surface area (TPSA) is 29.5 Å². The summed E-state index contributed by atoms with van der Waals surface area (Å²) in [5.41, 5.74) is -2.56. The lowest BCUT2D eigenvalue weighted by molar-refractivity contribution is 0.361. The van der Waals surface area contributed by atoms with Crippen molar-refractivity contribution in [1.82, 2.24) is 0 Å². The number of hydrogen-bond acceptors (Lipinski definition) is 3. The molecular formula is C7H15O2PS2. The number of rotatable bonds is 7. The Morgan fingerprint density at radius 1 is 1.75 bits per heavy atom. The number of hydrogen-bond donors (Lipinski definition) is 1. The lowest BCUT2D eigenvalue weighted by Gasteiger charge is -2.12. The lowest BCUT2D eigenvalue weighted by Crippen LogP contribution is -1.87. The molecule has 0 aromatic heterocycles. The first-order chi connectivity index (χ1) is 5.62. The second-order valence-corrected chi connectivity index (χ2v) is 8.54. The summed E-state index contributed by atoms with van der Waals surface area (Å²) in [5, 5.41) is 0. The quantitative estimate of drug-likeness (QED) is 0.410. The largest absolute Gasteiger partial charge is 0.337 e. The van der Waals surface area contributed by atoms with Gasteiger partial charge in [0.1, 0.15) is 0 Å². The Kier molecular flexibility index (Phi) is 7.49.